The van der Waals surface area contributed by atoms with E-state index < -0.39 is 35.1 Å². The normalized spacial score (nSPS) is 16.7. The van der Waals surface area contributed by atoms with Gasteiger partial charge in [0, 0.05) is 58.8 Å². The first kappa shape index (κ1) is 34.3. The molecule has 1 aliphatic heterocycles. The lowest BCUT2D eigenvalue weighted by Crippen LogP contribution is -2.52. The Bertz CT molecular complexity index is 786. The molecule has 0 aromatic heterocycles. The summed E-state index contributed by atoms with van der Waals surface area (Å²) >= 11 is 0. The molecule has 0 aromatic carbocycles. The number of amides is 4. The van der Waals surface area contributed by atoms with Crippen LogP contribution in [0, 0.1) is 0 Å². The van der Waals surface area contributed by atoms with Gasteiger partial charge in [0.25, 0.3) is 0 Å². The van der Waals surface area contributed by atoms with Crippen LogP contribution in [0.25, 0.3) is 0 Å². The summed E-state index contributed by atoms with van der Waals surface area (Å²) in [4.78, 5) is 58.2. The van der Waals surface area contributed by atoms with E-state index in [1.54, 1.807) is 67.2 Å². The maximum Gasteiger partial charge on any atom is 0.410 e. The van der Waals surface area contributed by atoms with Gasteiger partial charge in [-0.2, -0.15) is 0 Å². The van der Waals surface area contributed by atoms with Crippen molar-refractivity contribution in [2.75, 3.05) is 58.9 Å². The highest BCUT2D eigenvalue weighted by Gasteiger charge is 2.30. The van der Waals surface area contributed by atoms with Gasteiger partial charge in [-0.25, -0.2) is 14.4 Å². The summed E-state index contributed by atoms with van der Waals surface area (Å²) in [5.74, 6) is -0.110. The molecule has 1 fully saturated rings. The lowest BCUT2D eigenvalue weighted by atomic mass is 10.2. The van der Waals surface area contributed by atoms with Gasteiger partial charge in [-0.05, 0) is 75.3 Å². The average molecular weight is 558 g/mol. The maximum absolute atomic E-state index is 13.1. The van der Waals surface area contributed by atoms with Crippen molar-refractivity contribution in [3.8, 4) is 0 Å². The molecule has 0 radical (unpaired) electrons. The van der Waals surface area contributed by atoms with Crippen LogP contribution in [0.4, 0.5) is 14.4 Å². The summed E-state index contributed by atoms with van der Waals surface area (Å²) in [6.45, 7) is 17.9. The van der Waals surface area contributed by atoms with Gasteiger partial charge in [-0.15, -0.1) is 0 Å². The molecular weight excluding hydrogens is 506 g/mol. The Kier molecular flexibility index (Phi) is 12.8. The number of carbonyl (C=O) groups is 4. The average Bonchev–Trinajstić information content (AvgIpc) is 2.74. The van der Waals surface area contributed by atoms with Gasteiger partial charge >= 0.3 is 18.3 Å². The van der Waals surface area contributed by atoms with Crippen LogP contribution in [0.3, 0.4) is 0 Å². The molecule has 1 aliphatic rings. The Morgan fingerprint density at radius 3 is 1.03 bits per heavy atom. The molecule has 4 amide bonds. The number of rotatable bonds is 3. The summed E-state index contributed by atoms with van der Waals surface area (Å²) < 4.78 is 16.8. The van der Waals surface area contributed by atoms with Gasteiger partial charge in [0.1, 0.15) is 16.8 Å². The summed E-state index contributed by atoms with van der Waals surface area (Å²) in [6.07, 6.45) is -0.818. The summed E-state index contributed by atoms with van der Waals surface area (Å²) in [5, 5.41) is 0. The van der Waals surface area contributed by atoms with Crippen LogP contribution in [-0.2, 0) is 19.0 Å². The number of carbonyl (C=O) groups excluding carboxylic acids is 4. The maximum atomic E-state index is 13.1. The summed E-state index contributed by atoms with van der Waals surface area (Å²) in [7, 11) is 0. The van der Waals surface area contributed by atoms with Gasteiger partial charge in [0.15, 0.2) is 0 Å². The highest BCUT2D eigenvalue weighted by Crippen LogP contribution is 2.15. The largest absolute Gasteiger partial charge is 0.444 e. The molecule has 1 rings (SSSR count). The van der Waals surface area contributed by atoms with E-state index in [9.17, 15) is 19.2 Å². The summed E-state index contributed by atoms with van der Waals surface area (Å²) in [5.41, 5.74) is 3.46. The first-order valence-corrected chi connectivity index (χ1v) is 13.7. The second-order valence-electron chi connectivity index (χ2n) is 12.7. The molecule has 12 heteroatoms. The van der Waals surface area contributed by atoms with E-state index in [1.807, 2.05) is 0 Å². The van der Waals surface area contributed by atoms with E-state index in [-0.39, 0.29) is 64.7 Å². The number of hydrogen-bond acceptors (Lipinski definition) is 8. The molecular formula is C27H51N5O7. The third kappa shape index (κ3) is 14.3. The molecule has 0 atom stereocenters. The minimum atomic E-state index is -0.721. The zero-order valence-corrected chi connectivity index (χ0v) is 25.5. The van der Waals surface area contributed by atoms with E-state index in [0.29, 0.717) is 13.0 Å². The zero-order chi connectivity index (χ0) is 30.0. The van der Waals surface area contributed by atoms with Crippen molar-refractivity contribution < 1.29 is 33.4 Å². The van der Waals surface area contributed by atoms with Gasteiger partial charge in [-0.1, -0.05) is 0 Å². The van der Waals surface area contributed by atoms with Crippen LogP contribution in [-0.4, -0.2) is 119 Å². The van der Waals surface area contributed by atoms with Crippen LogP contribution in [0.1, 0.15) is 75.2 Å². The smallest absolute Gasteiger partial charge is 0.410 e. The number of hydrogen-bond donors (Lipinski definition) is 1. The molecule has 0 saturated carbocycles. The van der Waals surface area contributed by atoms with E-state index in [0.717, 1.165) is 0 Å². The molecule has 0 spiro atoms. The predicted octanol–water partition coefficient (Wildman–Crippen LogP) is 3.28. The third-order valence-corrected chi connectivity index (χ3v) is 5.46. The first-order chi connectivity index (χ1) is 17.8. The Labute approximate surface area is 234 Å². The molecule has 0 aromatic rings. The van der Waals surface area contributed by atoms with Crippen LogP contribution in [0.2, 0.25) is 0 Å². The van der Waals surface area contributed by atoms with Crippen molar-refractivity contribution in [1.29, 1.82) is 0 Å². The monoisotopic (exact) mass is 557 g/mol. The Balaban J connectivity index is 3.30. The molecule has 2 N–H and O–H groups in total. The minimum absolute atomic E-state index is 0.110. The second kappa shape index (κ2) is 14.6. The van der Waals surface area contributed by atoms with Gasteiger partial charge in [-0.3, -0.25) is 4.79 Å². The molecule has 0 bridgehead atoms. The number of ether oxygens (including phenoxy) is 3. The quantitative estimate of drug-likeness (QED) is 0.523. The second-order valence-corrected chi connectivity index (χ2v) is 12.7. The molecule has 0 unspecified atom stereocenters. The van der Waals surface area contributed by atoms with Crippen molar-refractivity contribution in [3.63, 3.8) is 0 Å². The van der Waals surface area contributed by atoms with E-state index >= 15 is 0 Å². The van der Waals surface area contributed by atoms with Crippen molar-refractivity contribution in [2.45, 2.75) is 92.0 Å². The van der Waals surface area contributed by atoms with Crippen LogP contribution < -0.4 is 5.73 Å². The molecule has 1 saturated heterocycles. The van der Waals surface area contributed by atoms with Crippen molar-refractivity contribution in [1.82, 2.24) is 19.6 Å². The highest BCUT2D eigenvalue weighted by molar-refractivity contribution is 5.76. The Morgan fingerprint density at radius 1 is 0.538 bits per heavy atom. The van der Waals surface area contributed by atoms with E-state index in [2.05, 4.69) is 0 Å². The molecule has 0 aliphatic carbocycles. The van der Waals surface area contributed by atoms with Crippen LogP contribution in [0.15, 0.2) is 0 Å². The van der Waals surface area contributed by atoms with Crippen molar-refractivity contribution in [2.24, 2.45) is 5.73 Å². The first-order valence-electron chi connectivity index (χ1n) is 13.7. The Hall–Kier alpha value is -2.76. The van der Waals surface area contributed by atoms with E-state index in [1.165, 1.54) is 14.7 Å². The van der Waals surface area contributed by atoms with Crippen molar-refractivity contribution >= 4 is 24.2 Å². The van der Waals surface area contributed by atoms with E-state index in [4.69, 9.17) is 19.9 Å². The SMILES string of the molecule is CC(C)(C)OC(=O)N1CCN(C(=O)CCCN)CCN(C(=O)OC(C)(C)C)CCN(C(=O)OC(C)(C)C)CC1. The highest BCUT2D eigenvalue weighted by atomic mass is 16.6. The Morgan fingerprint density at radius 2 is 0.795 bits per heavy atom. The molecule has 39 heavy (non-hydrogen) atoms. The summed E-state index contributed by atoms with van der Waals surface area (Å²) in [6, 6.07) is 0. The minimum Gasteiger partial charge on any atom is -0.444 e. The van der Waals surface area contributed by atoms with Gasteiger partial charge in [0.2, 0.25) is 5.91 Å². The van der Waals surface area contributed by atoms with Crippen LogP contribution >= 0.6 is 0 Å². The van der Waals surface area contributed by atoms with Gasteiger partial charge in [0.05, 0.1) is 0 Å². The third-order valence-electron chi connectivity index (χ3n) is 5.46. The van der Waals surface area contributed by atoms with Crippen molar-refractivity contribution in [3.05, 3.63) is 0 Å². The number of nitrogens with two attached hydrogens (primary N) is 1. The standard InChI is InChI=1S/C27H51N5O7/c1-25(2,3)37-22(34)30-15-13-29(21(33)11-10-12-28)14-16-31(23(35)38-26(4,5)6)18-20-32(19-17-30)24(36)39-27(7,8)9/h10-20,28H2,1-9H3. The lowest BCUT2D eigenvalue weighted by molar-refractivity contribution is -0.131. The fraction of sp³-hybridized carbons (Fsp3) is 0.852. The fourth-order valence-corrected chi connectivity index (χ4v) is 3.60. The predicted molar refractivity (Wildman–Crippen MR) is 148 cm³/mol. The lowest BCUT2D eigenvalue weighted by Gasteiger charge is -2.36. The zero-order valence-electron chi connectivity index (χ0n) is 25.5. The topological polar surface area (TPSA) is 135 Å². The fourth-order valence-electron chi connectivity index (χ4n) is 3.60. The molecule has 12 nitrogen and oxygen atoms in total. The molecule has 1 heterocycles. The van der Waals surface area contributed by atoms with Gasteiger partial charge < -0.3 is 39.5 Å². The van der Waals surface area contributed by atoms with Crippen LogP contribution in [0.5, 0.6) is 0 Å². The number of nitrogens with zero attached hydrogens (tertiary/aromatic N) is 4. The molecule has 226 valence electrons.